The van der Waals surface area contributed by atoms with Gasteiger partial charge in [-0.15, -0.1) is 0 Å². The Bertz CT molecular complexity index is 523. The Morgan fingerprint density at radius 3 is 1.27 bits per heavy atom. The van der Waals surface area contributed by atoms with Gasteiger partial charge in [-0.2, -0.15) is 10.5 Å². The average Bonchev–Trinajstić information content (AvgIpc) is 2.52. The third kappa shape index (κ3) is 5.27. The molecule has 0 spiro atoms. The van der Waals surface area contributed by atoms with Crippen LogP contribution in [-0.4, -0.2) is 10.4 Å². The Kier molecular flexibility index (Phi) is 6.68. The molecule has 0 aliphatic heterocycles. The van der Waals surface area contributed by atoms with Crippen LogP contribution in [-0.2, 0) is 11.5 Å². The molecule has 2 unspecified atom stereocenters. The van der Waals surface area contributed by atoms with Crippen LogP contribution in [0.15, 0.2) is 48.5 Å². The smallest absolute Gasteiger partial charge is 0.163 e. The minimum atomic E-state index is -0.918. The Morgan fingerprint density at radius 2 is 1.00 bits per heavy atom. The van der Waals surface area contributed by atoms with Crippen molar-refractivity contribution in [1.82, 2.24) is 0 Å². The van der Waals surface area contributed by atoms with Crippen LogP contribution >= 0.6 is 21.6 Å². The summed E-state index contributed by atoms with van der Waals surface area (Å²) in [6.07, 6.45) is 0. The Hall–Kier alpha value is -1.10. The summed E-state index contributed by atoms with van der Waals surface area (Å²) in [6, 6.07) is 13.7. The SMILES string of the molecule is [O-][NH+](O)c1ccc(CSSCc2ccc([NH+]([O-])O)cc2)cc1. The molecule has 6 nitrogen and oxygen atoms in total. The lowest BCUT2D eigenvalue weighted by molar-refractivity contribution is -0.991. The van der Waals surface area contributed by atoms with Crippen molar-refractivity contribution in [2.75, 3.05) is 0 Å². The maximum atomic E-state index is 10.7. The molecule has 0 aliphatic carbocycles. The van der Waals surface area contributed by atoms with Gasteiger partial charge in [-0.3, -0.25) is 0 Å². The summed E-state index contributed by atoms with van der Waals surface area (Å²) >= 11 is 0. The highest BCUT2D eigenvalue weighted by atomic mass is 33.1. The molecular formula is C14H16N2O4S2. The van der Waals surface area contributed by atoms with Crippen LogP contribution in [0.1, 0.15) is 11.1 Å². The maximum Gasteiger partial charge on any atom is 0.163 e. The lowest BCUT2D eigenvalue weighted by atomic mass is 10.2. The number of quaternary nitrogens is 2. The molecule has 0 amide bonds. The van der Waals surface area contributed by atoms with Crippen LogP contribution in [0.25, 0.3) is 0 Å². The van der Waals surface area contributed by atoms with Crippen molar-refractivity contribution in [2.24, 2.45) is 0 Å². The second kappa shape index (κ2) is 8.51. The van der Waals surface area contributed by atoms with Gasteiger partial charge in [-0.1, -0.05) is 45.9 Å². The van der Waals surface area contributed by atoms with E-state index in [-0.39, 0.29) is 0 Å². The van der Waals surface area contributed by atoms with Crippen LogP contribution in [0.3, 0.4) is 0 Å². The summed E-state index contributed by atoms with van der Waals surface area (Å²) in [5.74, 6) is 1.58. The maximum absolute atomic E-state index is 10.7. The third-order valence-corrected chi connectivity index (χ3v) is 5.21. The minimum absolute atomic E-state index is 0.292. The molecule has 2 rings (SSSR count). The molecule has 0 aromatic heterocycles. The highest BCUT2D eigenvalue weighted by Crippen LogP contribution is 2.29. The van der Waals surface area contributed by atoms with E-state index in [0.717, 1.165) is 22.6 Å². The highest BCUT2D eigenvalue weighted by molar-refractivity contribution is 8.76. The molecule has 4 N–H and O–H groups in total. The van der Waals surface area contributed by atoms with Crippen molar-refractivity contribution in [3.63, 3.8) is 0 Å². The van der Waals surface area contributed by atoms with Gasteiger partial charge < -0.3 is 10.4 Å². The molecule has 0 aliphatic rings. The summed E-state index contributed by atoms with van der Waals surface area (Å²) < 4.78 is 0. The topological polar surface area (TPSA) is 95.5 Å². The van der Waals surface area contributed by atoms with Crippen LogP contribution in [0.2, 0.25) is 0 Å². The van der Waals surface area contributed by atoms with Crippen LogP contribution in [0.5, 0.6) is 0 Å². The standard InChI is InChI=1S/C14H16N2O4S2/c17-15(18)13-5-1-11(2-6-13)9-21-22-10-12-3-7-14(8-4-12)16(19)20/h1-8,15-17,19H,9-10H2. The van der Waals surface area contributed by atoms with Gasteiger partial charge in [-0.25, -0.2) is 10.4 Å². The number of hydrogen-bond acceptors (Lipinski definition) is 6. The van der Waals surface area contributed by atoms with Crippen molar-refractivity contribution >= 4 is 33.0 Å². The van der Waals surface area contributed by atoms with E-state index >= 15 is 0 Å². The quantitative estimate of drug-likeness (QED) is 0.347. The van der Waals surface area contributed by atoms with Gasteiger partial charge in [0.25, 0.3) is 0 Å². The Labute approximate surface area is 135 Å². The van der Waals surface area contributed by atoms with Crippen LogP contribution < -0.4 is 10.5 Å². The molecule has 0 bridgehead atoms. The van der Waals surface area contributed by atoms with Crippen molar-refractivity contribution in [3.05, 3.63) is 70.1 Å². The van der Waals surface area contributed by atoms with Gasteiger partial charge in [0.2, 0.25) is 0 Å². The Balaban J connectivity index is 1.74. The second-order valence-electron chi connectivity index (χ2n) is 4.53. The zero-order chi connectivity index (χ0) is 15.9. The van der Waals surface area contributed by atoms with E-state index in [2.05, 4.69) is 0 Å². The lowest BCUT2D eigenvalue weighted by Gasteiger charge is -2.12. The summed E-state index contributed by atoms with van der Waals surface area (Å²) in [5, 5.41) is 37.3. The Morgan fingerprint density at radius 1 is 0.682 bits per heavy atom. The largest absolute Gasteiger partial charge is 0.595 e. The van der Waals surface area contributed by atoms with Crippen LogP contribution in [0.4, 0.5) is 11.4 Å². The fourth-order valence-corrected chi connectivity index (χ4v) is 3.85. The summed E-state index contributed by atoms with van der Waals surface area (Å²) in [6.45, 7) is 0. The molecule has 22 heavy (non-hydrogen) atoms. The predicted molar refractivity (Wildman–Crippen MR) is 87.0 cm³/mol. The van der Waals surface area contributed by atoms with Gasteiger partial charge in [0, 0.05) is 35.8 Å². The molecule has 0 fully saturated rings. The molecule has 0 radical (unpaired) electrons. The van der Waals surface area contributed by atoms with E-state index in [0.29, 0.717) is 11.4 Å². The first-order valence-electron chi connectivity index (χ1n) is 6.45. The average molecular weight is 340 g/mol. The fourth-order valence-electron chi connectivity index (χ4n) is 1.71. The van der Waals surface area contributed by atoms with Gasteiger partial charge in [0.05, 0.1) is 0 Å². The van der Waals surface area contributed by atoms with Crippen LogP contribution in [0, 0.1) is 10.4 Å². The molecule has 0 saturated heterocycles. The molecular weight excluding hydrogens is 324 g/mol. The summed E-state index contributed by atoms with van der Waals surface area (Å²) in [7, 11) is 3.36. The monoisotopic (exact) mass is 340 g/mol. The van der Waals surface area contributed by atoms with Gasteiger partial charge >= 0.3 is 0 Å². The number of rotatable bonds is 7. The first kappa shape index (κ1) is 17.3. The summed E-state index contributed by atoms with van der Waals surface area (Å²) in [4.78, 5) is 0. The van der Waals surface area contributed by atoms with Crippen molar-refractivity contribution in [3.8, 4) is 0 Å². The van der Waals surface area contributed by atoms with E-state index < -0.39 is 10.5 Å². The van der Waals surface area contributed by atoms with Gasteiger partial charge in [0.1, 0.15) is 0 Å². The van der Waals surface area contributed by atoms with Gasteiger partial charge in [0.15, 0.2) is 11.4 Å². The lowest BCUT2D eigenvalue weighted by Crippen LogP contribution is -2.99. The van der Waals surface area contributed by atoms with Crippen molar-refractivity contribution in [1.29, 1.82) is 0 Å². The fraction of sp³-hybridized carbons (Fsp3) is 0.143. The van der Waals surface area contributed by atoms with Crippen molar-refractivity contribution in [2.45, 2.75) is 11.5 Å². The summed E-state index contributed by atoms with van der Waals surface area (Å²) in [5.41, 5.74) is 2.73. The molecule has 0 heterocycles. The molecule has 2 atom stereocenters. The zero-order valence-electron chi connectivity index (χ0n) is 11.6. The molecule has 2 aromatic carbocycles. The van der Waals surface area contributed by atoms with E-state index in [1.165, 1.54) is 0 Å². The number of benzene rings is 2. The normalized spacial score (nSPS) is 13.8. The number of nitrogens with one attached hydrogen (secondary N) is 2. The van der Waals surface area contributed by atoms with Gasteiger partial charge in [-0.05, 0) is 11.1 Å². The molecule has 118 valence electrons. The second-order valence-corrected chi connectivity index (χ2v) is 6.99. The molecule has 0 saturated carbocycles. The van der Waals surface area contributed by atoms with E-state index in [1.807, 2.05) is 24.3 Å². The first-order chi connectivity index (χ1) is 10.6. The first-order valence-corrected chi connectivity index (χ1v) is 8.94. The molecule has 8 heteroatoms. The third-order valence-electron chi connectivity index (χ3n) is 2.94. The highest BCUT2D eigenvalue weighted by Gasteiger charge is 2.02. The van der Waals surface area contributed by atoms with Crippen molar-refractivity contribution < 1.29 is 20.9 Å². The van der Waals surface area contributed by atoms with E-state index in [1.54, 1.807) is 45.9 Å². The predicted octanol–water partition coefficient (Wildman–Crippen LogP) is 1.57. The number of hydrogen-bond donors (Lipinski definition) is 4. The minimum Gasteiger partial charge on any atom is -0.595 e. The van der Waals surface area contributed by atoms with E-state index in [4.69, 9.17) is 10.4 Å². The zero-order valence-corrected chi connectivity index (χ0v) is 13.2. The molecule has 2 aromatic rings. The van der Waals surface area contributed by atoms with E-state index in [9.17, 15) is 10.4 Å².